The lowest BCUT2D eigenvalue weighted by molar-refractivity contribution is -0.122. The standard InChI is InChI=1S/C18H27ClN4O2/c1-3-20-18(22-10-9-21-17(24)14-7-8-14)23-12-13(2)25-16-6-4-5-15(19)11-16/h4-6,11,13-14H,3,7-10,12H2,1-2H3,(H,21,24)(H2,20,22,23). The van der Waals surface area contributed by atoms with Crippen molar-refractivity contribution in [1.82, 2.24) is 16.0 Å². The summed E-state index contributed by atoms with van der Waals surface area (Å²) >= 11 is 5.96. The molecule has 1 aliphatic rings. The molecule has 25 heavy (non-hydrogen) atoms. The average Bonchev–Trinajstić information content (AvgIpc) is 3.41. The van der Waals surface area contributed by atoms with Crippen molar-refractivity contribution in [2.75, 3.05) is 26.2 Å². The Morgan fingerprint density at radius 2 is 2.08 bits per heavy atom. The first kappa shape index (κ1) is 19.4. The Morgan fingerprint density at radius 1 is 1.32 bits per heavy atom. The van der Waals surface area contributed by atoms with E-state index in [2.05, 4.69) is 20.9 Å². The zero-order valence-corrected chi connectivity index (χ0v) is 15.6. The van der Waals surface area contributed by atoms with Crippen LogP contribution in [0.4, 0.5) is 0 Å². The monoisotopic (exact) mass is 366 g/mol. The Kier molecular flexibility index (Phi) is 7.85. The number of ether oxygens (including phenoxy) is 1. The lowest BCUT2D eigenvalue weighted by atomic mass is 10.3. The van der Waals surface area contributed by atoms with Gasteiger partial charge in [0.1, 0.15) is 11.9 Å². The third kappa shape index (κ3) is 7.65. The molecule has 1 atom stereocenters. The predicted molar refractivity (Wildman–Crippen MR) is 101 cm³/mol. The van der Waals surface area contributed by atoms with Gasteiger partial charge in [-0.2, -0.15) is 0 Å². The number of nitrogens with zero attached hydrogens (tertiary/aromatic N) is 1. The number of hydrogen-bond acceptors (Lipinski definition) is 3. The zero-order valence-electron chi connectivity index (χ0n) is 14.8. The van der Waals surface area contributed by atoms with Crippen LogP contribution < -0.4 is 20.7 Å². The van der Waals surface area contributed by atoms with Crippen molar-refractivity contribution in [3.8, 4) is 5.75 Å². The van der Waals surface area contributed by atoms with Crippen molar-refractivity contribution >= 4 is 23.5 Å². The van der Waals surface area contributed by atoms with Crippen molar-refractivity contribution in [1.29, 1.82) is 0 Å². The highest BCUT2D eigenvalue weighted by Gasteiger charge is 2.28. The Bertz CT molecular complexity index is 590. The maximum absolute atomic E-state index is 11.6. The number of carbonyl (C=O) groups excluding carboxylic acids is 1. The van der Waals surface area contributed by atoms with Crippen LogP contribution in [0.5, 0.6) is 5.75 Å². The van der Waals surface area contributed by atoms with Crippen LogP contribution in [0.15, 0.2) is 29.3 Å². The molecule has 0 radical (unpaired) electrons. The highest BCUT2D eigenvalue weighted by molar-refractivity contribution is 6.30. The van der Waals surface area contributed by atoms with E-state index in [4.69, 9.17) is 16.3 Å². The number of rotatable bonds is 9. The predicted octanol–water partition coefficient (Wildman–Crippen LogP) is 2.19. The van der Waals surface area contributed by atoms with Crippen molar-refractivity contribution in [3.63, 3.8) is 0 Å². The number of hydrogen-bond donors (Lipinski definition) is 3. The molecule has 6 nitrogen and oxygen atoms in total. The van der Waals surface area contributed by atoms with E-state index >= 15 is 0 Å². The van der Waals surface area contributed by atoms with Gasteiger partial charge >= 0.3 is 0 Å². The van der Waals surface area contributed by atoms with Gasteiger partial charge in [-0.1, -0.05) is 17.7 Å². The number of amides is 1. The van der Waals surface area contributed by atoms with Crippen molar-refractivity contribution in [2.45, 2.75) is 32.8 Å². The summed E-state index contributed by atoms with van der Waals surface area (Å²) in [5, 5.41) is 9.97. The Labute approximate surface area is 154 Å². The van der Waals surface area contributed by atoms with E-state index in [9.17, 15) is 4.79 Å². The van der Waals surface area contributed by atoms with Crippen LogP contribution in [0.3, 0.4) is 0 Å². The summed E-state index contributed by atoms with van der Waals surface area (Å²) in [5.41, 5.74) is 0. The molecule has 0 spiro atoms. The van der Waals surface area contributed by atoms with E-state index in [1.165, 1.54) is 0 Å². The molecule has 0 bridgehead atoms. The number of nitrogens with one attached hydrogen (secondary N) is 3. The van der Waals surface area contributed by atoms with Gasteiger partial charge in [0.25, 0.3) is 0 Å². The number of benzene rings is 1. The summed E-state index contributed by atoms with van der Waals surface area (Å²) in [5.74, 6) is 1.85. The summed E-state index contributed by atoms with van der Waals surface area (Å²) < 4.78 is 5.81. The second kappa shape index (κ2) is 10.1. The van der Waals surface area contributed by atoms with Crippen LogP contribution in [-0.2, 0) is 4.79 Å². The fourth-order valence-electron chi connectivity index (χ4n) is 2.23. The van der Waals surface area contributed by atoms with Gasteiger partial charge < -0.3 is 20.7 Å². The molecule has 0 heterocycles. The van der Waals surface area contributed by atoms with Crippen LogP contribution in [0, 0.1) is 5.92 Å². The third-order valence-corrected chi connectivity index (χ3v) is 3.88. The average molecular weight is 367 g/mol. The highest BCUT2D eigenvalue weighted by atomic mass is 35.5. The largest absolute Gasteiger partial charge is 0.489 e. The van der Waals surface area contributed by atoms with Crippen molar-refractivity contribution < 1.29 is 9.53 Å². The van der Waals surface area contributed by atoms with Crippen molar-refractivity contribution in [3.05, 3.63) is 29.3 Å². The molecule has 1 aromatic rings. The summed E-state index contributed by atoms with van der Waals surface area (Å²) in [4.78, 5) is 16.1. The summed E-state index contributed by atoms with van der Waals surface area (Å²) in [6, 6.07) is 7.33. The number of halogens is 1. The van der Waals surface area contributed by atoms with Crippen LogP contribution in [0.25, 0.3) is 0 Å². The van der Waals surface area contributed by atoms with Gasteiger partial charge in [0.2, 0.25) is 5.91 Å². The minimum absolute atomic E-state index is 0.0801. The molecular formula is C18H27ClN4O2. The fraction of sp³-hybridized carbons (Fsp3) is 0.556. The molecule has 0 saturated heterocycles. The van der Waals surface area contributed by atoms with Crippen LogP contribution in [-0.4, -0.2) is 44.1 Å². The van der Waals surface area contributed by atoms with E-state index in [1.54, 1.807) is 6.07 Å². The molecular weight excluding hydrogens is 340 g/mol. The number of carbonyl (C=O) groups is 1. The van der Waals surface area contributed by atoms with E-state index in [0.29, 0.717) is 30.6 Å². The van der Waals surface area contributed by atoms with E-state index in [0.717, 1.165) is 25.1 Å². The molecule has 1 amide bonds. The molecule has 1 unspecified atom stereocenters. The molecule has 1 aromatic carbocycles. The van der Waals surface area contributed by atoms with Crippen molar-refractivity contribution in [2.24, 2.45) is 10.9 Å². The second-order valence-electron chi connectivity index (χ2n) is 6.10. The topological polar surface area (TPSA) is 74.8 Å². The first-order valence-electron chi connectivity index (χ1n) is 8.80. The van der Waals surface area contributed by atoms with Crippen LogP contribution in [0.2, 0.25) is 5.02 Å². The minimum Gasteiger partial charge on any atom is -0.489 e. The first-order valence-corrected chi connectivity index (χ1v) is 9.18. The molecule has 0 aromatic heterocycles. The van der Waals surface area contributed by atoms with Gasteiger partial charge in [-0.05, 0) is 44.9 Å². The summed E-state index contributed by atoms with van der Waals surface area (Å²) in [6.45, 7) is 6.48. The van der Waals surface area contributed by atoms with E-state index in [1.807, 2.05) is 32.0 Å². The SMILES string of the molecule is CCNC(=NCC(C)Oc1cccc(Cl)c1)NCCNC(=O)C1CC1. The normalized spacial score (nSPS) is 15.4. The quantitative estimate of drug-likeness (QED) is 0.356. The highest BCUT2D eigenvalue weighted by Crippen LogP contribution is 2.28. The van der Waals surface area contributed by atoms with Crippen LogP contribution >= 0.6 is 11.6 Å². The zero-order chi connectivity index (χ0) is 18.1. The lowest BCUT2D eigenvalue weighted by Gasteiger charge is -2.15. The third-order valence-electron chi connectivity index (χ3n) is 3.65. The van der Waals surface area contributed by atoms with Gasteiger partial charge in [-0.25, -0.2) is 4.99 Å². The minimum atomic E-state index is -0.0801. The summed E-state index contributed by atoms with van der Waals surface area (Å²) in [7, 11) is 0. The molecule has 2 rings (SSSR count). The molecule has 3 N–H and O–H groups in total. The fourth-order valence-corrected chi connectivity index (χ4v) is 2.41. The number of guanidine groups is 1. The maximum atomic E-state index is 11.6. The molecule has 1 aliphatic carbocycles. The first-order chi connectivity index (χ1) is 12.1. The Morgan fingerprint density at radius 3 is 2.76 bits per heavy atom. The van der Waals surface area contributed by atoms with E-state index in [-0.39, 0.29) is 17.9 Å². The molecule has 1 fully saturated rings. The van der Waals surface area contributed by atoms with Gasteiger partial charge in [0, 0.05) is 30.6 Å². The lowest BCUT2D eigenvalue weighted by Crippen LogP contribution is -2.42. The van der Waals surface area contributed by atoms with Gasteiger partial charge in [-0.15, -0.1) is 0 Å². The summed E-state index contributed by atoms with van der Waals surface area (Å²) in [6.07, 6.45) is 1.96. The second-order valence-corrected chi connectivity index (χ2v) is 6.53. The van der Waals surface area contributed by atoms with Gasteiger partial charge in [-0.3, -0.25) is 4.79 Å². The van der Waals surface area contributed by atoms with Crippen LogP contribution in [0.1, 0.15) is 26.7 Å². The molecule has 138 valence electrons. The van der Waals surface area contributed by atoms with Gasteiger partial charge in [0.05, 0.1) is 6.54 Å². The maximum Gasteiger partial charge on any atom is 0.223 e. The Hall–Kier alpha value is -1.95. The van der Waals surface area contributed by atoms with Gasteiger partial charge in [0.15, 0.2) is 5.96 Å². The molecule has 0 aliphatic heterocycles. The Balaban J connectivity index is 1.72. The van der Waals surface area contributed by atoms with E-state index < -0.39 is 0 Å². The smallest absolute Gasteiger partial charge is 0.223 e. The number of aliphatic imine (C=N–C) groups is 1. The molecule has 7 heteroatoms. The molecule has 1 saturated carbocycles.